The minimum atomic E-state index is -1.27. The molecule has 4 rings (SSSR count). The van der Waals surface area contributed by atoms with Crippen LogP contribution in [0.5, 0.6) is 23.4 Å². The monoisotopic (exact) mass is 463 g/mol. The number of carbonyl (C=O) groups is 1. The van der Waals surface area contributed by atoms with Gasteiger partial charge in [-0.2, -0.15) is 4.98 Å². The highest BCUT2D eigenvalue weighted by atomic mass is 19.1. The Morgan fingerprint density at radius 2 is 1.68 bits per heavy atom. The highest BCUT2D eigenvalue weighted by Gasteiger charge is 2.19. The maximum absolute atomic E-state index is 14.4. The number of benzene rings is 2. The van der Waals surface area contributed by atoms with Crippen molar-refractivity contribution in [3.05, 3.63) is 95.1 Å². The van der Waals surface area contributed by atoms with Crippen molar-refractivity contribution in [2.45, 2.75) is 13.5 Å². The van der Waals surface area contributed by atoms with E-state index in [2.05, 4.69) is 9.97 Å². The summed E-state index contributed by atoms with van der Waals surface area (Å²) in [6, 6.07) is 17.2. The van der Waals surface area contributed by atoms with Crippen molar-refractivity contribution in [1.82, 2.24) is 9.97 Å². The van der Waals surface area contributed by atoms with Gasteiger partial charge in [-0.1, -0.05) is 30.3 Å². The lowest BCUT2D eigenvalue weighted by Gasteiger charge is -2.12. The second kappa shape index (κ2) is 9.63. The Morgan fingerprint density at radius 3 is 2.41 bits per heavy atom. The number of halogens is 2. The van der Waals surface area contributed by atoms with Crippen LogP contribution in [0.2, 0.25) is 0 Å². The van der Waals surface area contributed by atoms with Gasteiger partial charge in [-0.15, -0.1) is 0 Å². The lowest BCUT2D eigenvalue weighted by molar-refractivity contribution is 0.0694. The van der Waals surface area contributed by atoms with Crippen molar-refractivity contribution in [1.29, 1.82) is 0 Å². The minimum Gasteiger partial charge on any atom is -0.478 e. The van der Waals surface area contributed by atoms with Crippen LogP contribution < -0.4 is 15.2 Å². The van der Waals surface area contributed by atoms with Gasteiger partial charge in [0.15, 0.2) is 11.6 Å². The molecular weight excluding hydrogens is 444 g/mol. The Balaban J connectivity index is 1.65. The Bertz CT molecular complexity index is 1380. The first-order valence-corrected chi connectivity index (χ1v) is 10.2. The summed E-state index contributed by atoms with van der Waals surface area (Å²) in [6.07, 6.45) is 0. The summed E-state index contributed by atoms with van der Waals surface area (Å²) in [6.45, 7) is 2.07. The van der Waals surface area contributed by atoms with Gasteiger partial charge in [0.25, 0.3) is 11.8 Å². The van der Waals surface area contributed by atoms with Crippen molar-refractivity contribution in [2.75, 3.05) is 0 Å². The Hall–Kier alpha value is -4.37. The number of pyridine rings is 2. The van der Waals surface area contributed by atoms with E-state index in [-0.39, 0.29) is 17.2 Å². The van der Waals surface area contributed by atoms with E-state index in [0.717, 1.165) is 11.1 Å². The van der Waals surface area contributed by atoms with Crippen LogP contribution in [0.3, 0.4) is 0 Å². The first kappa shape index (κ1) is 22.8. The molecule has 4 aromatic rings. The predicted molar refractivity (Wildman–Crippen MR) is 120 cm³/mol. The summed E-state index contributed by atoms with van der Waals surface area (Å²) in [5, 5.41) is 9.36. The van der Waals surface area contributed by atoms with Crippen molar-refractivity contribution < 1.29 is 28.2 Å². The molecule has 0 aliphatic rings. The number of ether oxygens (including phenoxy) is 2. The van der Waals surface area contributed by atoms with Gasteiger partial charge in [0, 0.05) is 24.2 Å². The molecule has 0 saturated carbocycles. The third kappa shape index (κ3) is 5.00. The van der Waals surface area contributed by atoms with Gasteiger partial charge in [-0.3, -0.25) is 0 Å². The van der Waals surface area contributed by atoms with E-state index in [1.54, 1.807) is 25.1 Å². The maximum Gasteiger partial charge on any atom is 0.339 e. The number of carboxylic acids is 1. The molecule has 0 spiro atoms. The zero-order valence-corrected chi connectivity index (χ0v) is 18.0. The quantitative estimate of drug-likeness (QED) is 0.374. The second-order valence-corrected chi connectivity index (χ2v) is 7.34. The van der Waals surface area contributed by atoms with Crippen LogP contribution in [-0.4, -0.2) is 21.0 Å². The molecule has 2 aromatic heterocycles. The molecule has 7 nitrogen and oxygen atoms in total. The molecule has 0 fully saturated rings. The van der Waals surface area contributed by atoms with E-state index in [4.69, 9.17) is 15.2 Å². The van der Waals surface area contributed by atoms with E-state index in [1.807, 2.05) is 24.3 Å². The van der Waals surface area contributed by atoms with Crippen LogP contribution in [0.4, 0.5) is 8.78 Å². The molecule has 9 heteroatoms. The van der Waals surface area contributed by atoms with Crippen molar-refractivity contribution in [2.24, 2.45) is 5.73 Å². The lowest BCUT2D eigenvalue weighted by Crippen LogP contribution is -2.03. The van der Waals surface area contributed by atoms with Gasteiger partial charge in [-0.05, 0) is 42.3 Å². The Labute approximate surface area is 193 Å². The summed E-state index contributed by atoms with van der Waals surface area (Å²) in [4.78, 5) is 19.6. The zero-order valence-electron chi connectivity index (χ0n) is 18.0. The Kier molecular flexibility index (Phi) is 6.46. The molecule has 0 atom stereocenters. The number of aromatic carboxylic acids is 1. The number of hydrogen-bond donors (Lipinski definition) is 2. The molecule has 2 heterocycles. The number of nitrogens with two attached hydrogens (primary N) is 1. The summed E-state index contributed by atoms with van der Waals surface area (Å²) >= 11 is 0. The summed E-state index contributed by atoms with van der Waals surface area (Å²) in [7, 11) is 0. The average Bonchev–Trinajstić information content (AvgIpc) is 2.82. The van der Waals surface area contributed by atoms with E-state index in [9.17, 15) is 18.7 Å². The molecule has 34 heavy (non-hydrogen) atoms. The molecule has 0 amide bonds. The summed E-state index contributed by atoms with van der Waals surface area (Å²) < 4.78 is 39.7. The molecular formula is C25H19F2N3O4. The van der Waals surface area contributed by atoms with Crippen LogP contribution in [-0.2, 0) is 6.54 Å². The van der Waals surface area contributed by atoms with Gasteiger partial charge in [-0.25, -0.2) is 18.6 Å². The van der Waals surface area contributed by atoms with E-state index in [0.29, 0.717) is 23.9 Å². The minimum absolute atomic E-state index is 0.0152. The molecule has 0 saturated heterocycles. The zero-order chi connectivity index (χ0) is 24.2. The number of carboxylic acid groups (broad SMARTS) is 1. The first-order chi connectivity index (χ1) is 16.3. The fourth-order valence-corrected chi connectivity index (χ4v) is 3.16. The van der Waals surface area contributed by atoms with E-state index in [1.165, 1.54) is 18.2 Å². The van der Waals surface area contributed by atoms with Gasteiger partial charge in [0.2, 0.25) is 5.88 Å². The maximum atomic E-state index is 14.4. The largest absolute Gasteiger partial charge is 0.478 e. The SMILES string of the molecule is Cc1ccc(C(=O)O)c(Oc2nc(Oc3cccc(-c4cccc(CN)c4)n3)c(F)cc2F)c1. The number of nitrogens with zero attached hydrogens (tertiary/aromatic N) is 2. The normalized spacial score (nSPS) is 10.7. The van der Waals surface area contributed by atoms with Crippen molar-refractivity contribution in [3.63, 3.8) is 0 Å². The third-order valence-corrected chi connectivity index (χ3v) is 4.82. The standard InChI is InChI=1S/C25H19F2N3O4/c1-14-8-9-17(25(31)32)21(10-14)33-23-18(26)12-19(27)24(30-23)34-22-7-3-6-20(29-22)16-5-2-4-15(11-16)13-28/h2-12H,13,28H2,1H3,(H,31,32). The van der Waals surface area contributed by atoms with Crippen LogP contribution in [0.15, 0.2) is 66.7 Å². The molecule has 2 aromatic carbocycles. The van der Waals surface area contributed by atoms with Gasteiger partial charge >= 0.3 is 5.97 Å². The first-order valence-electron chi connectivity index (χ1n) is 10.2. The highest BCUT2D eigenvalue weighted by molar-refractivity contribution is 5.91. The molecule has 0 aliphatic carbocycles. The molecule has 0 unspecified atom stereocenters. The highest BCUT2D eigenvalue weighted by Crippen LogP contribution is 2.32. The smallest absolute Gasteiger partial charge is 0.339 e. The Morgan fingerprint density at radius 1 is 0.941 bits per heavy atom. The topological polar surface area (TPSA) is 108 Å². The number of hydrogen-bond acceptors (Lipinski definition) is 6. The van der Waals surface area contributed by atoms with Crippen LogP contribution in [0, 0.1) is 18.6 Å². The fraction of sp³-hybridized carbons (Fsp3) is 0.0800. The molecule has 172 valence electrons. The number of aromatic nitrogens is 2. The molecule has 0 aliphatic heterocycles. The van der Waals surface area contributed by atoms with Crippen LogP contribution >= 0.6 is 0 Å². The van der Waals surface area contributed by atoms with Crippen molar-refractivity contribution >= 4 is 5.97 Å². The van der Waals surface area contributed by atoms with Crippen molar-refractivity contribution in [3.8, 4) is 34.6 Å². The van der Waals surface area contributed by atoms with Gasteiger partial charge < -0.3 is 20.3 Å². The lowest BCUT2D eigenvalue weighted by atomic mass is 10.1. The number of aryl methyl sites for hydroxylation is 1. The number of rotatable bonds is 7. The summed E-state index contributed by atoms with van der Waals surface area (Å²) in [5.41, 5.74) is 8.42. The van der Waals surface area contributed by atoms with Crippen LogP contribution in [0.25, 0.3) is 11.3 Å². The average molecular weight is 463 g/mol. The summed E-state index contributed by atoms with van der Waals surface area (Å²) in [5.74, 6) is -4.82. The molecule has 0 radical (unpaired) electrons. The predicted octanol–water partition coefficient (Wildman–Crippen LogP) is 5.47. The van der Waals surface area contributed by atoms with Gasteiger partial charge in [0.05, 0.1) is 5.69 Å². The fourth-order valence-electron chi connectivity index (χ4n) is 3.16. The van der Waals surface area contributed by atoms with Crippen LogP contribution in [0.1, 0.15) is 21.5 Å². The molecule has 3 N–H and O–H groups in total. The van der Waals surface area contributed by atoms with E-state index >= 15 is 0 Å². The second-order valence-electron chi connectivity index (χ2n) is 7.34. The van der Waals surface area contributed by atoms with Gasteiger partial charge in [0.1, 0.15) is 11.3 Å². The van der Waals surface area contributed by atoms with E-state index < -0.39 is 29.4 Å². The molecule has 0 bridgehead atoms. The third-order valence-electron chi connectivity index (χ3n) is 4.82.